The van der Waals surface area contributed by atoms with Crippen LogP contribution in [0.2, 0.25) is 0 Å². The molecule has 1 heteroatoms. The average molecular weight is 381 g/mol. The van der Waals surface area contributed by atoms with Crippen molar-refractivity contribution in [3.8, 4) is 22.3 Å². The Morgan fingerprint density at radius 2 is 1.43 bits per heavy atom. The Hall–Kier alpha value is -2.77. The number of benzene rings is 3. The van der Waals surface area contributed by atoms with Crippen LogP contribution in [0.15, 0.2) is 101 Å². The third kappa shape index (κ3) is 2.96. The normalized spacial score (nSPS) is 17.8. The van der Waals surface area contributed by atoms with Crippen LogP contribution >= 0.6 is 10.0 Å². The number of allylic oxidation sites excluding steroid dienone is 3. The van der Waals surface area contributed by atoms with Crippen LogP contribution in [0, 0.1) is 0 Å². The van der Waals surface area contributed by atoms with Gasteiger partial charge in [-0.2, -0.15) is 10.0 Å². The van der Waals surface area contributed by atoms with E-state index < -0.39 is 10.0 Å². The van der Waals surface area contributed by atoms with Crippen molar-refractivity contribution in [2.24, 2.45) is 0 Å². The molecule has 0 atom stereocenters. The lowest BCUT2D eigenvalue weighted by Crippen LogP contribution is -1.97. The molecule has 0 spiro atoms. The van der Waals surface area contributed by atoms with Gasteiger partial charge in [-0.1, -0.05) is 84.9 Å². The van der Waals surface area contributed by atoms with Crippen molar-refractivity contribution in [1.82, 2.24) is 0 Å². The fraction of sp³-hybridized carbons (Fsp3) is 0.111. The van der Waals surface area contributed by atoms with Crippen molar-refractivity contribution in [2.45, 2.75) is 6.42 Å². The summed E-state index contributed by atoms with van der Waals surface area (Å²) < 4.78 is 0. The fourth-order valence-electron chi connectivity index (χ4n) is 4.28. The van der Waals surface area contributed by atoms with E-state index in [4.69, 9.17) is 0 Å². The van der Waals surface area contributed by atoms with Gasteiger partial charge < -0.3 is 0 Å². The molecule has 0 amide bonds. The van der Waals surface area contributed by atoms with E-state index in [1.54, 1.807) is 0 Å². The molecule has 1 heterocycles. The van der Waals surface area contributed by atoms with Crippen LogP contribution in [-0.2, 0) is 6.42 Å². The zero-order valence-corrected chi connectivity index (χ0v) is 17.2. The third-order valence-corrected chi connectivity index (χ3v) is 8.13. The van der Waals surface area contributed by atoms with E-state index in [0.717, 1.165) is 6.42 Å². The monoisotopic (exact) mass is 380 g/mol. The standard InChI is InChI=1S/C27H24S/c1-28(2)17-7-12-27(28)24-18-23-10-6-11-25(26(23)19-24)22-15-13-21(14-16-22)20-8-4-3-5-9-20/h3-18H,19H2,1-2H3. The third-order valence-electron chi connectivity index (χ3n) is 5.76. The molecule has 3 aromatic carbocycles. The topological polar surface area (TPSA) is 0 Å². The lowest BCUT2D eigenvalue weighted by atomic mass is 9.94. The van der Waals surface area contributed by atoms with E-state index in [-0.39, 0.29) is 0 Å². The Morgan fingerprint density at radius 1 is 0.714 bits per heavy atom. The van der Waals surface area contributed by atoms with Crippen LogP contribution < -0.4 is 0 Å². The molecule has 1 aliphatic carbocycles. The van der Waals surface area contributed by atoms with Gasteiger partial charge >= 0.3 is 0 Å². The molecule has 3 aromatic rings. The molecule has 0 bridgehead atoms. The molecule has 5 rings (SSSR count). The lowest BCUT2D eigenvalue weighted by Gasteiger charge is -2.28. The van der Waals surface area contributed by atoms with Crippen molar-refractivity contribution in [2.75, 3.05) is 12.5 Å². The van der Waals surface area contributed by atoms with Crippen molar-refractivity contribution in [3.05, 3.63) is 112 Å². The Labute approximate surface area is 169 Å². The van der Waals surface area contributed by atoms with Crippen molar-refractivity contribution < 1.29 is 0 Å². The van der Waals surface area contributed by atoms with Crippen molar-refractivity contribution in [1.29, 1.82) is 0 Å². The van der Waals surface area contributed by atoms with Gasteiger partial charge in [-0.05, 0) is 74.3 Å². The summed E-state index contributed by atoms with van der Waals surface area (Å²) in [6.45, 7) is 0. The maximum atomic E-state index is 2.41. The van der Waals surface area contributed by atoms with Crippen LogP contribution in [0.1, 0.15) is 11.1 Å². The zero-order chi connectivity index (χ0) is 19.1. The zero-order valence-electron chi connectivity index (χ0n) is 16.4. The SMILES string of the molecule is CS1(C)C=CC=C1C1=Cc2cccc(-c3ccc(-c4ccccc4)cc3)c2C1. The van der Waals surface area contributed by atoms with E-state index in [2.05, 4.69) is 109 Å². The summed E-state index contributed by atoms with van der Waals surface area (Å²) in [5, 5.41) is 2.38. The van der Waals surface area contributed by atoms with Gasteiger partial charge in [-0.25, -0.2) is 0 Å². The quantitative estimate of drug-likeness (QED) is 0.443. The first kappa shape index (κ1) is 17.3. The highest BCUT2D eigenvalue weighted by Gasteiger charge is 2.26. The highest BCUT2D eigenvalue weighted by Crippen LogP contribution is 2.58. The summed E-state index contributed by atoms with van der Waals surface area (Å²) in [7, 11) is -0.790. The maximum absolute atomic E-state index is 2.41. The first-order chi connectivity index (χ1) is 13.6. The number of fused-ring (bicyclic) bond motifs is 1. The Balaban J connectivity index is 1.47. The molecular formula is C27H24S. The summed E-state index contributed by atoms with van der Waals surface area (Å²) in [4.78, 5) is 1.54. The number of rotatable bonds is 3. The second kappa shape index (κ2) is 6.68. The second-order valence-corrected chi connectivity index (χ2v) is 11.5. The highest BCUT2D eigenvalue weighted by molar-refractivity contribution is 8.38. The van der Waals surface area contributed by atoms with E-state index >= 15 is 0 Å². The van der Waals surface area contributed by atoms with Gasteiger partial charge in [0.15, 0.2) is 0 Å². The number of hydrogen-bond acceptors (Lipinski definition) is 0. The second-order valence-electron chi connectivity index (χ2n) is 7.93. The van der Waals surface area contributed by atoms with E-state index in [1.165, 1.54) is 43.9 Å². The molecule has 0 radical (unpaired) electrons. The Kier molecular flexibility index (Phi) is 4.14. The minimum Gasteiger partial charge on any atom is -0.200 e. The predicted octanol–water partition coefficient (Wildman–Crippen LogP) is 7.44. The smallest absolute Gasteiger partial charge is 0.000280 e. The minimum atomic E-state index is -0.790. The molecule has 0 nitrogen and oxygen atoms in total. The summed E-state index contributed by atoms with van der Waals surface area (Å²) >= 11 is 0. The van der Waals surface area contributed by atoms with Gasteiger partial charge in [0, 0.05) is 0 Å². The Bertz CT molecular complexity index is 1130. The molecule has 28 heavy (non-hydrogen) atoms. The molecule has 0 fully saturated rings. The summed E-state index contributed by atoms with van der Waals surface area (Å²) in [5.41, 5.74) is 9.54. The molecule has 0 saturated heterocycles. The molecule has 138 valence electrons. The van der Waals surface area contributed by atoms with Crippen LogP contribution in [-0.4, -0.2) is 12.5 Å². The first-order valence-electron chi connectivity index (χ1n) is 9.72. The van der Waals surface area contributed by atoms with Gasteiger partial charge in [0.2, 0.25) is 0 Å². The molecule has 0 unspecified atom stereocenters. The minimum absolute atomic E-state index is 0.790. The maximum Gasteiger partial charge on any atom is -0.000280 e. The number of hydrogen-bond donors (Lipinski definition) is 0. The van der Waals surface area contributed by atoms with Crippen LogP contribution in [0.25, 0.3) is 28.3 Å². The first-order valence-corrected chi connectivity index (χ1v) is 12.2. The van der Waals surface area contributed by atoms with Gasteiger partial charge in [0.1, 0.15) is 0 Å². The molecule has 0 aromatic heterocycles. The molecule has 2 aliphatic rings. The van der Waals surface area contributed by atoms with Gasteiger partial charge in [-0.15, -0.1) is 0 Å². The highest BCUT2D eigenvalue weighted by atomic mass is 32.3. The molecular weight excluding hydrogens is 356 g/mol. The fourth-order valence-corrected chi connectivity index (χ4v) is 6.14. The van der Waals surface area contributed by atoms with Gasteiger partial charge in [-0.3, -0.25) is 0 Å². The van der Waals surface area contributed by atoms with Gasteiger partial charge in [0.05, 0.1) is 0 Å². The molecule has 0 N–H and O–H groups in total. The van der Waals surface area contributed by atoms with Gasteiger partial charge in [0.25, 0.3) is 0 Å². The summed E-state index contributed by atoms with van der Waals surface area (Å²) in [5.74, 6) is 0. The molecule has 1 aliphatic heterocycles. The Morgan fingerprint density at radius 3 is 2.14 bits per heavy atom. The predicted molar refractivity (Wildman–Crippen MR) is 126 cm³/mol. The van der Waals surface area contributed by atoms with E-state index in [1.807, 2.05) is 0 Å². The average Bonchev–Trinajstić information content (AvgIpc) is 3.30. The summed E-state index contributed by atoms with van der Waals surface area (Å²) in [6, 6.07) is 26.3. The lowest BCUT2D eigenvalue weighted by molar-refractivity contribution is 1.24. The molecule has 0 saturated carbocycles. The van der Waals surface area contributed by atoms with E-state index in [0.29, 0.717) is 0 Å². The summed E-state index contributed by atoms with van der Waals surface area (Å²) in [6.07, 6.45) is 12.8. The van der Waals surface area contributed by atoms with Crippen molar-refractivity contribution >= 4 is 16.1 Å². The van der Waals surface area contributed by atoms with Crippen LogP contribution in [0.3, 0.4) is 0 Å². The van der Waals surface area contributed by atoms with Crippen LogP contribution in [0.5, 0.6) is 0 Å². The van der Waals surface area contributed by atoms with Crippen LogP contribution in [0.4, 0.5) is 0 Å². The van der Waals surface area contributed by atoms with E-state index in [9.17, 15) is 0 Å². The van der Waals surface area contributed by atoms with Crippen molar-refractivity contribution in [3.63, 3.8) is 0 Å². The largest absolute Gasteiger partial charge is 0.200 e.